The van der Waals surface area contributed by atoms with Crippen molar-refractivity contribution in [3.63, 3.8) is 0 Å². The van der Waals surface area contributed by atoms with Gasteiger partial charge in [-0.3, -0.25) is 0 Å². The predicted octanol–water partition coefficient (Wildman–Crippen LogP) is 0.859. The largest absolute Gasteiger partial charge is 0.465 e. The molecule has 0 radical (unpaired) electrons. The molecular weight excluding hydrogens is 227 g/mol. The van der Waals surface area contributed by atoms with Gasteiger partial charge in [-0.1, -0.05) is 0 Å². The van der Waals surface area contributed by atoms with Crippen molar-refractivity contribution in [1.82, 2.24) is 20.4 Å². The quantitative estimate of drug-likeness (QED) is 0.717. The molecule has 0 N–H and O–H groups in total. The third-order valence-electron chi connectivity index (χ3n) is 1.99. The molecule has 86 valence electrons. The molecule has 1 heterocycles. The first-order valence-corrected chi connectivity index (χ1v) is 4.60. The number of nitrogens with zero attached hydrogens (tertiary/aromatic N) is 4. The van der Waals surface area contributed by atoms with Crippen LogP contribution in [-0.4, -0.2) is 33.5 Å². The Kier molecular flexibility index (Phi) is 2.99. The number of esters is 1. The minimum absolute atomic E-state index is 0.0787. The van der Waals surface area contributed by atoms with Crippen molar-refractivity contribution in [2.45, 2.75) is 0 Å². The first kappa shape index (κ1) is 11.1. The molecule has 0 aliphatic carbocycles. The summed E-state index contributed by atoms with van der Waals surface area (Å²) >= 11 is 0. The van der Waals surface area contributed by atoms with Gasteiger partial charge in [-0.2, -0.15) is 0 Å². The summed E-state index contributed by atoms with van der Waals surface area (Å²) in [5.74, 6) is -1.09. The fourth-order valence-corrected chi connectivity index (χ4v) is 1.27. The average molecular weight is 234 g/mol. The maximum absolute atomic E-state index is 13.3. The smallest absolute Gasteiger partial charge is 0.337 e. The standard InChI is InChI=1S/C10H7FN4O2/c1-17-10(16)7-2-6(3-8(11)4-7)9-14-12-5-13-15-9/h2-5H,1H3. The van der Waals surface area contributed by atoms with Gasteiger partial charge >= 0.3 is 5.97 Å². The topological polar surface area (TPSA) is 77.9 Å². The van der Waals surface area contributed by atoms with Crippen LogP contribution in [0.1, 0.15) is 10.4 Å². The molecule has 0 spiro atoms. The molecule has 2 rings (SSSR count). The molecule has 0 amide bonds. The molecule has 17 heavy (non-hydrogen) atoms. The van der Waals surface area contributed by atoms with Crippen molar-refractivity contribution in [1.29, 1.82) is 0 Å². The highest BCUT2D eigenvalue weighted by molar-refractivity contribution is 5.90. The second kappa shape index (κ2) is 4.60. The molecular formula is C10H7FN4O2. The molecule has 0 unspecified atom stereocenters. The minimum atomic E-state index is -0.636. The predicted molar refractivity (Wildman–Crippen MR) is 54.4 cm³/mol. The van der Waals surface area contributed by atoms with Crippen LogP contribution in [0.4, 0.5) is 4.39 Å². The van der Waals surface area contributed by atoms with Crippen LogP contribution in [0.2, 0.25) is 0 Å². The zero-order valence-electron chi connectivity index (χ0n) is 8.79. The van der Waals surface area contributed by atoms with Gasteiger partial charge in [-0.05, 0) is 18.2 Å². The van der Waals surface area contributed by atoms with Crippen molar-refractivity contribution >= 4 is 5.97 Å². The Labute approximate surface area is 95.5 Å². The Morgan fingerprint density at radius 2 is 1.94 bits per heavy atom. The number of hydrogen-bond acceptors (Lipinski definition) is 6. The highest BCUT2D eigenvalue weighted by Crippen LogP contribution is 2.17. The third kappa shape index (κ3) is 2.39. The molecule has 0 aliphatic rings. The van der Waals surface area contributed by atoms with Crippen LogP contribution in [0.3, 0.4) is 0 Å². The average Bonchev–Trinajstić information content (AvgIpc) is 2.38. The Balaban J connectivity index is 2.49. The van der Waals surface area contributed by atoms with E-state index in [1.54, 1.807) is 0 Å². The number of aromatic nitrogens is 4. The van der Waals surface area contributed by atoms with Crippen LogP contribution in [0.5, 0.6) is 0 Å². The molecule has 0 fully saturated rings. The van der Waals surface area contributed by atoms with Gasteiger partial charge < -0.3 is 4.74 Å². The Hall–Kier alpha value is -2.44. The molecule has 0 saturated heterocycles. The van der Waals surface area contributed by atoms with E-state index in [-0.39, 0.29) is 11.4 Å². The molecule has 1 aromatic carbocycles. The Morgan fingerprint density at radius 1 is 1.24 bits per heavy atom. The minimum Gasteiger partial charge on any atom is -0.465 e. The number of carbonyl (C=O) groups excluding carboxylic acids is 1. The van der Waals surface area contributed by atoms with E-state index in [0.717, 1.165) is 12.4 Å². The number of rotatable bonds is 2. The molecule has 0 aliphatic heterocycles. The van der Waals surface area contributed by atoms with Crippen LogP contribution in [0, 0.1) is 5.82 Å². The molecule has 0 bridgehead atoms. The van der Waals surface area contributed by atoms with Crippen molar-refractivity contribution in [3.8, 4) is 11.4 Å². The summed E-state index contributed by atoms with van der Waals surface area (Å²) in [6, 6.07) is 3.66. The third-order valence-corrected chi connectivity index (χ3v) is 1.99. The number of ether oxygens (including phenoxy) is 1. The molecule has 0 atom stereocenters. The summed E-state index contributed by atoms with van der Waals surface area (Å²) in [5, 5.41) is 14.4. The number of methoxy groups -OCH3 is 1. The van der Waals surface area contributed by atoms with Gasteiger partial charge in [0, 0.05) is 5.56 Å². The fraction of sp³-hybridized carbons (Fsp3) is 0.100. The maximum atomic E-state index is 13.3. The van der Waals surface area contributed by atoms with Crippen LogP contribution < -0.4 is 0 Å². The van der Waals surface area contributed by atoms with E-state index in [2.05, 4.69) is 25.1 Å². The molecule has 1 aromatic heterocycles. The lowest BCUT2D eigenvalue weighted by Crippen LogP contribution is -2.03. The van der Waals surface area contributed by atoms with Crippen molar-refractivity contribution < 1.29 is 13.9 Å². The monoisotopic (exact) mass is 234 g/mol. The van der Waals surface area contributed by atoms with E-state index < -0.39 is 11.8 Å². The van der Waals surface area contributed by atoms with E-state index in [4.69, 9.17) is 0 Å². The normalized spacial score (nSPS) is 10.0. The van der Waals surface area contributed by atoms with Gasteiger partial charge in [0.15, 0.2) is 6.33 Å². The van der Waals surface area contributed by atoms with Gasteiger partial charge in [0.1, 0.15) is 5.82 Å². The molecule has 6 nitrogen and oxygen atoms in total. The number of halogens is 1. The van der Waals surface area contributed by atoms with Gasteiger partial charge in [0.25, 0.3) is 0 Å². The first-order chi connectivity index (χ1) is 8.20. The zero-order chi connectivity index (χ0) is 12.3. The highest BCUT2D eigenvalue weighted by Gasteiger charge is 2.11. The van der Waals surface area contributed by atoms with E-state index in [0.29, 0.717) is 5.56 Å². The van der Waals surface area contributed by atoms with E-state index in [9.17, 15) is 9.18 Å². The zero-order valence-corrected chi connectivity index (χ0v) is 8.79. The van der Waals surface area contributed by atoms with Gasteiger partial charge in [-0.15, -0.1) is 20.4 Å². The number of hydrogen-bond donors (Lipinski definition) is 0. The van der Waals surface area contributed by atoms with Gasteiger partial charge in [0.2, 0.25) is 5.82 Å². The van der Waals surface area contributed by atoms with Crippen LogP contribution >= 0.6 is 0 Å². The summed E-state index contributed by atoms with van der Waals surface area (Å²) in [6.07, 6.45) is 1.16. The summed E-state index contributed by atoms with van der Waals surface area (Å²) in [5.41, 5.74) is 0.390. The van der Waals surface area contributed by atoms with Crippen molar-refractivity contribution in [2.75, 3.05) is 7.11 Å². The lowest BCUT2D eigenvalue weighted by atomic mass is 10.1. The Morgan fingerprint density at radius 3 is 2.59 bits per heavy atom. The van der Waals surface area contributed by atoms with E-state index in [1.807, 2.05) is 0 Å². The second-order valence-corrected chi connectivity index (χ2v) is 3.09. The summed E-state index contributed by atoms with van der Waals surface area (Å²) in [6.45, 7) is 0. The lowest BCUT2D eigenvalue weighted by molar-refractivity contribution is 0.0600. The SMILES string of the molecule is COC(=O)c1cc(F)cc(-c2nncnn2)c1. The van der Waals surface area contributed by atoms with Crippen molar-refractivity contribution in [2.24, 2.45) is 0 Å². The van der Waals surface area contributed by atoms with Crippen molar-refractivity contribution in [3.05, 3.63) is 35.9 Å². The fourth-order valence-electron chi connectivity index (χ4n) is 1.27. The second-order valence-electron chi connectivity index (χ2n) is 3.09. The van der Waals surface area contributed by atoms with E-state index in [1.165, 1.54) is 19.2 Å². The summed E-state index contributed by atoms with van der Waals surface area (Å²) in [4.78, 5) is 11.3. The highest BCUT2D eigenvalue weighted by atomic mass is 19.1. The number of benzene rings is 1. The molecule has 0 saturated carbocycles. The Bertz CT molecular complexity index is 547. The van der Waals surface area contributed by atoms with Crippen LogP contribution in [-0.2, 0) is 4.74 Å². The molecule has 2 aromatic rings. The molecule has 7 heteroatoms. The lowest BCUT2D eigenvalue weighted by Gasteiger charge is -2.02. The van der Waals surface area contributed by atoms with Gasteiger partial charge in [-0.25, -0.2) is 9.18 Å². The van der Waals surface area contributed by atoms with E-state index >= 15 is 0 Å². The van der Waals surface area contributed by atoms with Crippen LogP contribution in [0.15, 0.2) is 24.5 Å². The first-order valence-electron chi connectivity index (χ1n) is 4.60. The summed E-state index contributed by atoms with van der Waals surface area (Å²) < 4.78 is 17.8. The maximum Gasteiger partial charge on any atom is 0.337 e. The van der Waals surface area contributed by atoms with Gasteiger partial charge in [0.05, 0.1) is 12.7 Å². The number of carbonyl (C=O) groups is 1. The summed E-state index contributed by atoms with van der Waals surface area (Å²) in [7, 11) is 1.22. The van der Waals surface area contributed by atoms with Crippen LogP contribution in [0.25, 0.3) is 11.4 Å².